The van der Waals surface area contributed by atoms with Gasteiger partial charge in [0.05, 0.1) is 13.1 Å². The van der Waals surface area contributed by atoms with E-state index in [1.165, 1.54) is 6.07 Å². The summed E-state index contributed by atoms with van der Waals surface area (Å²) in [5.41, 5.74) is 0.764. The summed E-state index contributed by atoms with van der Waals surface area (Å²) in [7, 11) is -1.18. The van der Waals surface area contributed by atoms with Crippen molar-refractivity contribution in [2.75, 3.05) is 6.17 Å². The van der Waals surface area contributed by atoms with Crippen LogP contribution in [0.15, 0.2) is 18.2 Å². The fraction of sp³-hybridized carbons (Fsp3) is 0.364. The SMILES string of the molecule is C[Si](C)(C)CNC(=S)c1ccc(F)c(Cl)c1. The van der Waals surface area contributed by atoms with Crippen molar-refractivity contribution in [1.29, 1.82) is 0 Å². The van der Waals surface area contributed by atoms with Crippen molar-refractivity contribution in [1.82, 2.24) is 5.32 Å². The fourth-order valence-electron chi connectivity index (χ4n) is 1.08. The van der Waals surface area contributed by atoms with Crippen molar-refractivity contribution >= 4 is 36.9 Å². The lowest BCUT2D eigenvalue weighted by Crippen LogP contribution is -2.39. The Hall–Kier alpha value is -0.453. The Kier molecular flexibility index (Phi) is 4.47. The summed E-state index contributed by atoms with van der Waals surface area (Å²) in [4.78, 5) is 0.629. The topological polar surface area (TPSA) is 12.0 Å². The minimum atomic E-state index is -1.18. The molecule has 0 bridgehead atoms. The fourth-order valence-corrected chi connectivity index (χ4v) is 2.30. The summed E-state index contributed by atoms with van der Waals surface area (Å²) in [6, 6.07) is 4.53. The number of thiocarbonyl (C=S) groups is 1. The third-order valence-electron chi connectivity index (χ3n) is 1.96. The van der Waals surface area contributed by atoms with Crippen molar-refractivity contribution in [3.8, 4) is 0 Å². The van der Waals surface area contributed by atoms with E-state index in [2.05, 4.69) is 25.0 Å². The molecule has 1 N–H and O–H groups in total. The predicted octanol–water partition coefficient (Wildman–Crippen LogP) is 3.62. The molecule has 0 heterocycles. The highest BCUT2D eigenvalue weighted by Gasteiger charge is 2.14. The van der Waals surface area contributed by atoms with Gasteiger partial charge in [-0.1, -0.05) is 43.5 Å². The van der Waals surface area contributed by atoms with E-state index in [0.717, 1.165) is 11.7 Å². The molecule has 0 saturated heterocycles. The summed E-state index contributed by atoms with van der Waals surface area (Å²) in [5, 5.41) is 3.30. The van der Waals surface area contributed by atoms with Gasteiger partial charge in [0.25, 0.3) is 0 Å². The van der Waals surface area contributed by atoms with Crippen molar-refractivity contribution in [3.63, 3.8) is 0 Å². The Bertz CT molecular complexity index is 403. The summed E-state index contributed by atoms with van der Waals surface area (Å²) >= 11 is 10.9. The molecule has 0 radical (unpaired) electrons. The highest BCUT2D eigenvalue weighted by Crippen LogP contribution is 2.16. The second-order valence-corrected chi connectivity index (χ2v) is 11.2. The Labute approximate surface area is 107 Å². The summed E-state index contributed by atoms with van der Waals surface area (Å²) in [6.45, 7) is 6.75. The van der Waals surface area contributed by atoms with Crippen LogP contribution in [0, 0.1) is 5.82 Å². The van der Waals surface area contributed by atoms with Gasteiger partial charge in [0.15, 0.2) is 0 Å². The Morgan fingerprint density at radius 3 is 2.56 bits per heavy atom. The first-order chi connectivity index (χ1) is 7.29. The zero-order valence-electron chi connectivity index (χ0n) is 9.60. The van der Waals surface area contributed by atoms with Crippen LogP contribution in [0.2, 0.25) is 24.7 Å². The second-order valence-electron chi connectivity index (χ2n) is 4.87. The van der Waals surface area contributed by atoms with Crippen LogP contribution in [0.25, 0.3) is 0 Å². The van der Waals surface area contributed by atoms with Crippen LogP contribution in [0.3, 0.4) is 0 Å². The minimum Gasteiger partial charge on any atom is -0.379 e. The number of hydrogen-bond donors (Lipinski definition) is 1. The summed E-state index contributed by atoms with van der Waals surface area (Å²) < 4.78 is 12.9. The number of halogens is 2. The largest absolute Gasteiger partial charge is 0.379 e. The number of rotatable bonds is 3. The van der Waals surface area contributed by atoms with Crippen LogP contribution in [0.5, 0.6) is 0 Å². The van der Waals surface area contributed by atoms with E-state index in [0.29, 0.717) is 4.99 Å². The van der Waals surface area contributed by atoms with Crippen molar-refractivity contribution in [2.45, 2.75) is 19.6 Å². The quantitative estimate of drug-likeness (QED) is 0.668. The molecular formula is C11H15ClFNSSi. The van der Waals surface area contributed by atoms with Gasteiger partial charge in [0.1, 0.15) is 10.8 Å². The molecule has 0 amide bonds. The molecule has 1 aromatic carbocycles. The number of benzene rings is 1. The third-order valence-corrected chi connectivity index (χ3v) is 3.87. The molecule has 0 aliphatic heterocycles. The highest BCUT2D eigenvalue weighted by molar-refractivity contribution is 7.80. The van der Waals surface area contributed by atoms with E-state index >= 15 is 0 Å². The van der Waals surface area contributed by atoms with Crippen LogP contribution in [-0.2, 0) is 0 Å². The normalized spacial score (nSPS) is 11.3. The van der Waals surface area contributed by atoms with Crippen molar-refractivity contribution in [3.05, 3.63) is 34.6 Å². The number of nitrogens with one attached hydrogen (secondary N) is 1. The first kappa shape index (κ1) is 13.6. The van der Waals surface area contributed by atoms with Crippen molar-refractivity contribution in [2.24, 2.45) is 0 Å². The van der Waals surface area contributed by atoms with E-state index in [-0.39, 0.29) is 5.02 Å². The molecule has 1 aromatic rings. The van der Waals surface area contributed by atoms with Crippen LogP contribution < -0.4 is 5.32 Å². The zero-order valence-corrected chi connectivity index (χ0v) is 12.2. The average Bonchev–Trinajstić information content (AvgIpc) is 2.17. The molecule has 16 heavy (non-hydrogen) atoms. The Morgan fingerprint density at radius 2 is 2.06 bits per heavy atom. The van der Waals surface area contributed by atoms with Gasteiger partial charge in [-0.2, -0.15) is 0 Å². The molecule has 0 atom stereocenters. The maximum absolute atomic E-state index is 12.9. The van der Waals surface area contributed by atoms with Crippen LogP contribution in [-0.4, -0.2) is 19.2 Å². The first-order valence-electron chi connectivity index (χ1n) is 5.03. The molecule has 0 saturated carbocycles. The Balaban J connectivity index is 2.70. The standard InChI is InChI=1S/C11H15ClFNSSi/c1-16(2,3)7-14-11(15)8-4-5-10(13)9(12)6-8/h4-6H,7H2,1-3H3,(H,14,15). The first-order valence-corrected chi connectivity index (χ1v) is 9.52. The lowest BCUT2D eigenvalue weighted by molar-refractivity contribution is 0.628. The van der Waals surface area contributed by atoms with Crippen LogP contribution in [0.1, 0.15) is 5.56 Å². The summed E-state index contributed by atoms with van der Waals surface area (Å²) in [5.74, 6) is -0.418. The lowest BCUT2D eigenvalue weighted by Gasteiger charge is -2.18. The van der Waals surface area contributed by atoms with E-state index < -0.39 is 13.9 Å². The average molecular weight is 276 g/mol. The van der Waals surface area contributed by atoms with E-state index in [1.807, 2.05) is 0 Å². The molecule has 1 rings (SSSR count). The molecule has 0 aliphatic carbocycles. The number of hydrogen-bond acceptors (Lipinski definition) is 1. The van der Waals surface area contributed by atoms with Gasteiger partial charge in [0.2, 0.25) is 0 Å². The predicted molar refractivity (Wildman–Crippen MR) is 74.5 cm³/mol. The minimum absolute atomic E-state index is 0.106. The van der Waals surface area contributed by atoms with Gasteiger partial charge in [-0.15, -0.1) is 0 Å². The lowest BCUT2D eigenvalue weighted by atomic mass is 10.2. The van der Waals surface area contributed by atoms with Gasteiger partial charge in [0, 0.05) is 11.7 Å². The zero-order chi connectivity index (χ0) is 12.3. The van der Waals surface area contributed by atoms with Gasteiger partial charge < -0.3 is 5.32 Å². The second kappa shape index (κ2) is 5.25. The molecule has 0 unspecified atom stereocenters. The molecule has 5 heteroatoms. The monoisotopic (exact) mass is 275 g/mol. The Morgan fingerprint density at radius 1 is 1.44 bits per heavy atom. The molecule has 0 spiro atoms. The molecular weight excluding hydrogens is 261 g/mol. The maximum Gasteiger partial charge on any atom is 0.141 e. The van der Waals surface area contributed by atoms with Gasteiger partial charge >= 0.3 is 0 Å². The van der Waals surface area contributed by atoms with Crippen LogP contribution in [0.4, 0.5) is 4.39 Å². The van der Waals surface area contributed by atoms with E-state index in [4.69, 9.17) is 23.8 Å². The molecule has 88 valence electrons. The molecule has 1 nitrogen and oxygen atoms in total. The van der Waals surface area contributed by atoms with Gasteiger partial charge in [-0.3, -0.25) is 0 Å². The molecule has 0 fully saturated rings. The summed E-state index contributed by atoms with van der Waals surface area (Å²) in [6.07, 6.45) is 0.904. The van der Waals surface area contributed by atoms with E-state index in [9.17, 15) is 4.39 Å². The van der Waals surface area contributed by atoms with Gasteiger partial charge in [-0.25, -0.2) is 4.39 Å². The highest BCUT2D eigenvalue weighted by atomic mass is 35.5. The van der Waals surface area contributed by atoms with Crippen LogP contribution >= 0.6 is 23.8 Å². The van der Waals surface area contributed by atoms with Crippen molar-refractivity contribution < 1.29 is 4.39 Å². The van der Waals surface area contributed by atoms with Gasteiger partial charge in [-0.05, 0) is 18.2 Å². The molecule has 0 aliphatic rings. The smallest absolute Gasteiger partial charge is 0.141 e. The van der Waals surface area contributed by atoms with E-state index in [1.54, 1.807) is 12.1 Å². The molecule has 0 aromatic heterocycles. The third kappa shape index (κ3) is 4.20. The maximum atomic E-state index is 12.9.